The molecule has 0 N–H and O–H groups in total. The Hall–Kier alpha value is -2.38. The zero-order chi connectivity index (χ0) is 20.6. The second kappa shape index (κ2) is 7.80. The number of nitrogens with zero attached hydrogens (tertiary/aromatic N) is 2. The maximum absolute atomic E-state index is 13.3. The van der Waals surface area contributed by atoms with Gasteiger partial charge in [0.2, 0.25) is 10.0 Å². The van der Waals surface area contributed by atoms with E-state index in [0.717, 1.165) is 30.5 Å². The molecule has 1 saturated heterocycles. The van der Waals surface area contributed by atoms with Crippen molar-refractivity contribution in [1.29, 1.82) is 0 Å². The van der Waals surface area contributed by atoms with Gasteiger partial charge in [0.1, 0.15) is 5.75 Å². The third-order valence-corrected chi connectivity index (χ3v) is 7.81. The highest BCUT2D eigenvalue weighted by Crippen LogP contribution is 2.33. The van der Waals surface area contributed by atoms with Gasteiger partial charge in [-0.05, 0) is 55.0 Å². The minimum atomic E-state index is -3.64. The number of carbonyl (C=O) groups is 1. The van der Waals surface area contributed by atoms with E-state index in [-0.39, 0.29) is 16.4 Å². The maximum Gasteiger partial charge on any atom is 0.262 e. The standard InChI is InChI=1S/C22H26N2O4S/c1-16-9-12-23(13-10-16)29(26,27)18-7-8-21(28-2)19(15-18)22(25)24-14-11-17-5-3-4-6-20(17)24/h3-8,15-16H,9-14H2,1-2H3. The van der Waals surface area contributed by atoms with Crippen LogP contribution in [0.3, 0.4) is 0 Å². The molecular weight excluding hydrogens is 388 g/mol. The fraction of sp³-hybridized carbons (Fsp3) is 0.409. The maximum atomic E-state index is 13.3. The number of para-hydroxylation sites is 1. The molecule has 2 heterocycles. The van der Waals surface area contributed by atoms with Crippen LogP contribution in [0.2, 0.25) is 0 Å². The van der Waals surface area contributed by atoms with Crippen molar-refractivity contribution in [1.82, 2.24) is 4.31 Å². The summed E-state index contributed by atoms with van der Waals surface area (Å²) in [6, 6.07) is 12.4. The third kappa shape index (κ3) is 3.65. The van der Waals surface area contributed by atoms with E-state index in [1.807, 2.05) is 24.3 Å². The van der Waals surface area contributed by atoms with Crippen LogP contribution >= 0.6 is 0 Å². The first-order valence-electron chi connectivity index (χ1n) is 10.00. The molecule has 1 fully saturated rings. The van der Waals surface area contributed by atoms with Crippen LogP contribution in [0.5, 0.6) is 5.75 Å². The minimum absolute atomic E-state index is 0.142. The molecule has 0 aromatic heterocycles. The molecule has 1 amide bonds. The quantitative estimate of drug-likeness (QED) is 0.770. The van der Waals surface area contributed by atoms with Crippen LogP contribution in [-0.4, -0.2) is 45.4 Å². The van der Waals surface area contributed by atoms with Crippen molar-refractivity contribution >= 4 is 21.6 Å². The van der Waals surface area contributed by atoms with Gasteiger partial charge in [0.15, 0.2) is 0 Å². The zero-order valence-electron chi connectivity index (χ0n) is 16.8. The fourth-order valence-electron chi connectivity index (χ4n) is 4.08. The summed E-state index contributed by atoms with van der Waals surface area (Å²) in [5.41, 5.74) is 2.26. The molecule has 0 spiro atoms. The fourth-order valence-corrected chi connectivity index (χ4v) is 5.58. The van der Waals surface area contributed by atoms with Crippen molar-refractivity contribution < 1.29 is 17.9 Å². The van der Waals surface area contributed by atoms with Gasteiger partial charge in [0.25, 0.3) is 5.91 Å². The Bertz CT molecular complexity index is 1030. The number of rotatable bonds is 4. The average Bonchev–Trinajstić information content (AvgIpc) is 3.17. The lowest BCUT2D eigenvalue weighted by molar-refractivity contribution is 0.0986. The predicted octanol–water partition coefficient (Wildman–Crippen LogP) is 3.32. The van der Waals surface area contributed by atoms with Gasteiger partial charge in [-0.1, -0.05) is 25.1 Å². The van der Waals surface area contributed by atoms with E-state index in [4.69, 9.17) is 4.74 Å². The lowest BCUT2D eigenvalue weighted by Crippen LogP contribution is -2.38. The average molecular weight is 415 g/mol. The minimum Gasteiger partial charge on any atom is -0.496 e. The summed E-state index contributed by atoms with van der Waals surface area (Å²) in [7, 11) is -2.15. The molecule has 7 heteroatoms. The zero-order valence-corrected chi connectivity index (χ0v) is 17.6. The highest BCUT2D eigenvalue weighted by atomic mass is 32.2. The first-order chi connectivity index (χ1) is 13.9. The highest BCUT2D eigenvalue weighted by Gasteiger charge is 2.31. The van der Waals surface area contributed by atoms with Gasteiger partial charge in [-0.3, -0.25) is 4.79 Å². The molecule has 0 atom stereocenters. The van der Waals surface area contributed by atoms with Crippen LogP contribution in [0.25, 0.3) is 0 Å². The van der Waals surface area contributed by atoms with E-state index in [1.165, 1.54) is 23.5 Å². The molecule has 0 saturated carbocycles. The number of hydrogen-bond donors (Lipinski definition) is 0. The predicted molar refractivity (Wildman–Crippen MR) is 112 cm³/mol. The van der Waals surface area contributed by atoms with Gasteiger partial charge < -0.3 is 9.64 Å². The third-order valence-electron chi connectivity index (χ3n) is 5.91. The SMILES string of the molecule is COc1ccc(S(=O)(=O)N2CCC(C)CC2)cc1C(=O)N1CCc2ccccc21. The molecule has 0 unspecified atom stereocenters. The molecule has 0 bridgehead atoms. The Morgan fingerprint density at radius 1 is 1.07 bits per heavy atom. The molecule has 2 aliphatic rings. The van der Waals surface area contributed by atoms with Gasteiger partial charge in [-0.15, -0.1) is 0 Å². The molecule has 29 heavy (non-hydrogen) atoms. The lowest BCUT2D eigenvalue weighted by Gasteiger charge is -2.29. The molecule has 154 valence electrons. The number of sulfonamides is 1. The van der Waals surface area contributed by atoms with Crippen LogP contribution in [0.15, 0.2) is 47.4 Å². The highest BCUT2D eigenvalue weighted by molar-refractivity contribution is 7.89. The summed E-state index contributed by atoms with van der Waals surface area (Å²) < 4.78 is 33.2. The Morgan fingerprint density at radius 2 is 1.79 bits per heavy atom. The number of benzene rings is 2. The lowest BCUT2D eigenvalue weighted by atomic mass is 10.0. The summed E-state index contributed by atoms with van der Waals surface area (Å²) in [4.78, 5) is 15.2. The van der Waals surface area contributed by atoms with Crippen LogP contribution < -0.4 is 9.64 Å². The summed E-state index contributed by atoms with van der Waals surface area (Å²) >= 11 is 0. The Kier molecular flexibility index (Phi) is 5.36. The molecule has 4 rings (SSSR count). The van der Waals surface area contributed by atoms with E-state index in [9.17, 15) is 13.2 Å². The number of carbonyl (C=O) groups excluding carboxylic acids is 1. The Labute approximate surface area is 172 Å². The van der Waals surface area contributed by atoms with Gasteiger partial charge in [-0.25, -0.2) is 8.42 Å². The summed E-state index contributed by atoms with van der Waals surface area (Å²) in [5.74, 6) is 0.673. The summed E-state index contributed by atoms with van der Waals surface area (Å²) in [6.45, 7) is 3.74. The van der Waals surface area contributed by atoms with Crippen LogP contribution in [0, 0.1) is 5.92 Å². The van der Waals surface area contributed by atoms with Gasteiger partial charge in [0.05, 0.1) is 17.6 Å². The van der Waals surface area contributed by atoms with Gasteiger partial charge in [0, 0.05) is 25.3 Å². The second-order valence-corrected chi connectivity index (χ2v) is 9.72. The normalized spacial score (nSPS) is 17.9. The smallest absolute Gasteiger partial charge is 0.262 e. The van der Waals surface area contributed by atoms with Crippen molar-refractivity contribution in [2.24, 2.45) is 5.92 Å². The molecule has 0 aliphatic carbocycles. The van der Waals surface area contributed by atoms with Crippen LogP contribution in [0.4, 0.5) is 5.69 Å². The summed E-state index contributed by atoms with van der Waals surface area (Å²) in [6.07, 6.45) is 2.49. The number of hydrogen-bond acceptors (Lipinski definition) is 4. The number of piperidine rings is 1. The van der Waals surface area contributed by atoms with Crippen LogP contribution in [-0.2, 0) is 16.4 Å². The first kappa shape index (κ1) is 19.9. The number of methoxy groups -OCH3 is 1. The van der Waals surface area contributed by atoms with E-state index in [2.05, 4.69) is 6.92 Å². The Morgan fingerprint density at radius 3 is 2.52 bits per heavy atom. The molecule has 2 aromatic rings. The van der Waals surface area contributed by atoms with E-state index < -0.39 is 10.0 Å². The van der Waals surface area contributed by atoms with Crippen molar-refractivity contribution in [3.05, 3.63) is 53.6 Å². The Balaban J connectivity index is 1.68. The monoisotopic (exact) mass is 414 g/mol. The van der Waals surface area contributed by atoms with Gasteiger partial charge >= 0.3 is 0 Å². The van der Waals surface area contributed by atoms with Crippen molar-refractivity contribution in [3.63, 3.8) is 0 Å². The van der Waals surface area contributed by atoms with Crippen molar-refractivity contribution in [2.45, 2.75) is 31.1 Å². The molecule has 0 radical (unpaired) electrons. The number of anilines is 1. The number of fused-ring (bicyclic) bond motifs is 1. The van der Waals surface area contributed by atoms with E-state index >= 15 is 0 Å². The first-order valence-corrected chi connectivity index (χ1v) is 11.4. The molecule has 2 aliphatic heterocycles. The summed E-state index contributed by atoms with van der Waals surface area (Å²) in [5, 5.41) is 0. The van der Waals surface area contributed by atoms with Crippen molar-refractivity contribution in [2.75, 3.05) is 31.6 Å². The van der Waals surface area contributed by atoms with E-state index in [0.29, 0.717) is 31.3 Å². The number of ether oxygens (including phenoxy) is 1. The van der Waals surface area contributed by atoms with E-state index in [1.54, 1.807) is 11.0 Å². The molecule has 6 nitrogen and oxygen atoms in total. The van der Waals surface area contributed by atoms with Crippen LogP contribution in [0.1, 0.15) is 35.7 Å². The molecule has 2 aromatic carbocycles. The molecular formula is C22H26N2O4S. The van der Waals surface area contributed by atoms with Gasteiger partial charge in [-0.2, -0.15) is 4.31 Å². The van der Waals surface area contributed by atoms with Crippen molar-refractivity contribution in [3.8, 4) is 5.75 Å². The topological polar surface area (TPSA) is 66.9 Å². The number of amides is 1. The largest absolute Gasteiger partial charge is 0.496 e. The second-order valence-electron chi connectivity index (χ2n) is 7.78.